The number of hydrogen-bond donors (Lipinski definition) is 4. The van der Waals surface area contributed by atoms with E-state index >= 15 is 4.39 Å². The Kier molecular flexibility index (Phi) is 9.22. The molecule has 0 amide bonds. The first-order valence-corrected chi connectivity index (χ1v) is 14.2. The summed E-state index contributed by atoms with van der Waals surface area (Å²) >= 11 is 0. The highest BCUT2D eigenvalue weighted by Crippen LogP contribution is 2.50. The number of nitrogen functional groups attached to an aromatic ring is 1. The van der Waals surface area contributed by atoms with Gasteiger partial charge in [0, 0.05) is 41.6 Å². The largest absolute Gasteiger partial charge is 0.494 e. The molecular formula is C33H37F2N3O5. The summed E-state index contributed by atoms with van der Waals surface area (Å²) in [6, 6.07) is 10.4. The number of methoxy groups -OCH3 is 2. The molecule has 0 bridgehead atoms. The van der Waals surface area contributed by atoms with E-state index in [1.807, 2.05) is 13.8 Å². The van der Waals surface area contributed by atoms with Crippen LogP contribution in [0.25, 0.3) is 27.7 Å². The summed E-state index contributed by atoms with van der Waals surface area (Å²) < 4.78 is 43.6. The number of nitrogens with two attached hydrogens (primary N) is 1. The number of benzene rings is 3. The molecule has 1 heterocycles. The standard InChI is InChI=1S/C31H31F2N3O5.C2H6/c1-16-12-17(7-9-20(16)30(37)38)25-26-22(13-18(15-34)28(35)27(26)33)36(19-8-10-21(32)23(14-19)40-2)29(25)31(39)11-5-4-6-24(31)41-3;1-2/h7-10,12-15,24,34,39H,4-6,11,35H2,1-3H3,(H,37,38);1-2H3. The van der Waals surface area contributed by atoms with E-state index in [2.05, 4.69) is 0 Å². The number of aryl methyl sites for hydroxylation is 1. The van der Waals surface area contributed by atoms with Crippen molar-refractivity contribution in [1.82, 2.24) is 4.57 Å². The van der Waals surface area contributed by atoms with E-state index in [9.17, 15) is 19.4 Å². The van der Waals surface area contributed by atoms with Crippen molar-refractivity contribution in [3.8, 4) is 22.6 Å². The number of carboxylic acid groups (broad SMARTS) is 1. The lowest BCUT2D eigenvalue weighted by Gasteiger charge is -2.40. The summed E-state index contributed by atoms with van der Waals surface area (Å²) in [6.45, 7) is 5.64. The molecule has 1 fully saturated rings. The van der Waals surface area contributed by atoms with Crippen molar-refractivity contribution < 1.29 is 33.3 Å². The third kappa shape index (κ3) is 5.25. The Morgan fingerprint density at radius 2 is 1.86 bits per heavy atom. The summed E-state index contributed by atoms with van der Waals surface area (Å²) in [5, 5.41) is 30.1. The molecular weight excluding hydrogens is 556 g/mol. The lowest BCUT2D eigenvalue weighted by Crippen LogP contribution is -2.45. The molecule has 5 N–H and O–H groups in total. The Hall–Kier alpha value is -4.28. The van der Waals surface area contributed by atoms with Crippen LogP contribution in [0.3, 0.4) is 0 Å². The fourth-order valence-electron chi connectivity index (χ4n) is 6.07. The maximum absolute atomic E-state index is 16.4. The lowest BCUT2D eigenvalue weighted by molar-refractivity contribution is -0.125. The van der Waals surface area contributed by atoms with Crippen LogP contribution >= 0.6 is 0 Å². The number of aromatic nitrogens is 1. The van der Waals surface area contributed by atoms with Gasteiger partial charge in [-0.05, 0) is 61.6 Å². The fourth-order valence-corrected chi connectivity index (χ4v) is 6.07. The third-order valence-corrected chi connectivity index (χ3v) is 8.06. The molecule has 1 aromatic heterocycles. The van der Waals surface area contributed by atoms with Crippen LogP contribution in [0.4, 0.5) is 14.5 Å². The van der Waals surface area contributed by atoms with Crippen molar-refractivity contribution in [2.24, 2.45) is 0 Å². The molecule has 2 unspecified atom stereocenters. The third-order valence-electron chi connectivity index (χ3n) is 8.06. The smallest absolute Gasteiger partial charge is 0.335 e. The topological polar surface area (TPSA) is 131 Å². The quantitative estimate of drug-likeness (QED) is 0.135. The van der Waals surface area contributed by atoms with Gasteiger partial charge in [0.25, 0.3) is 0 Å². The molecule has 1 aliphatic carbocycles. The van der Waals surface area contributed by atoms with Crippen molar-refractivity contribution in [1.29, 1.82) is 5.41 Å². The predicted octanol–water partition coefficient (Wildman–Crippen LogP) is 6.97. The molecule has 1 aliphatic rings. The van der Waals surface area contributed by atoms with E-state index in [0.29, 0.717) is 35.2 Å². The molecule has 43 heavy (non-hydrogen) atoms. The van der Waals surface area contributed by atoms with Crippen molar-refractivity contribution in [2.45, 2.75) is 58.2 Å². The Morgan fingerprint density at radius 3 is 2.47 bits per heavy atom. The zero-order valence-corrected chi connectivity index (χ0v) is 24.9. The Balaban J connectivity index is 0.00000207. The number of aliphatic hydroxyl groups is 1. The first-order chi connectivity index (χ1) is 20.6. The Morgan fingerprint density at radius 1 is 1.14 bits per heavy atom. The average molecular weight is 594 g/mol. The number of hydrogen-bond acceptors (Lipinski definition) is 6. The molecule has 3 aromatic carbocycles. The number of fused-ring (bicyclic) bond motifs is 1. The van der Waals surface area contributed by atoms with Crippen molar-refractivity contribution in [3.63, 3.8) is 0 Å². The van der Waals surface area contributed by atoms with Crippen LogP contribution in [0.15, 0.2) is 42.5 Å². The number of nitrogens with one attached hydrogen (secondary N) is 1. The first kappa shape index (κ1) is 31.7. The number of carbonyl (C=O) groups is 1. The summed E-state index contributed by atoms with van der Waals surface area (Å²) in [4.78, 5) is 11.8. The number of anilines is 1. The number of nitrogens with zero attached hydrogens (tertiary/aromatic N) is 1. The summed E-state index contributed by atoms with van der Waals surface area (Å²) in [6.07, 6.45) is 2.58. The molecule has 10 heteroatoms. The molecule has 0 aliphatic heterocycles. The second-order valence-corrected chi connectivity index (χ2v) is 10.3. The zero-order valence-electron chi connectivity index (χ0n) is 24.9. The molecule has 228 valence electrons. The maximum Gasteiger partial charge on any atom is 0.335 e. The van der Waals surface area contributed by atoms with Gasteiger partial charge in [0.05, 0.1) is 35.7 Å². The molecule has 4 aromatic rings. The van der Waals surface area contributed by atoms with Gasteiger partial charge < -0.3 is 35.4 Å². The molecule has 0 radical (unpaired) electrons. The van der Waals surface area contributed by atoms with Crippen LogP contribution in [0.1, 0.15) is 66.7 Å². The monoisotopic (exact) mass is 593 g/mol. The molecule has 0 saturated heterocycles. The van der Waals surface area contributed by atoms with Gasteiger partial charge in [0.2, 0.25) is 0 Å². The maximum atomic E-state index is 16.4. The summed E-state index contributed by atoms with van der Waals surface area (Å²) in [5.41, 5.74) is 6.63. The lowest BCUT2D eigenvalue weighted by atomic mass is 9.77. The van der Waals surface area contributed by atoms with Gasteiger partial charge in [-0.2, -0.15) is 0 Å². The second-order valence-electron chi connectivity index (χ2n) is 10.3. The van der Waals surface area contributed by atoms with Crippen molar-refractivity contribution in [3.05, 3.63) is 76.5 Å². The minimum atomic E-state index is -1.63. The minimum absolute atomic E-state index is 0.0550. The molecule has 2 atom stereocenters. The highest BCUT2D eigenvalue weighted by atomic mass is 19.1. The number of ether oxygens (including phenoxy) is 2. The van der Waals surface area contributed by atoms with Gasteiger partial charge in [-0.15, -0.1) is 0 Å². The summed E-state index contributed by atoms with van der Waals surface area (Å²) in [7, 11) is 2.84. The summed E-state index contributed by atoms with van der Waals surface area (Å²) in [5.74, 6) is -2.55. The van der Waals surface area contributed by atoms with Crippen LogP contribution in [0.5, 0.6) is 5.75 Å². The van der Waals surface area contributed by atoms with Crippen LogP contribution in [-0.2, 0) is 10.3 Å². The van der Waals surface area contributed by atoms with Gasteiger partial charge in [0.1, 0.15) is 5.60 Å². The van der Waals surface area contributed by atoms with E-state index < -0.39 is 29.3 Å². The average Bonchev–Trinajstić information content (AvgIpc) is 3.36. The van der Waals surface area contributed by atoms with Gasteiger partial charge in [-0.3, -0.25) is 0 Å². The van der Waals surface area contributed by atoms with E-state index in [1.165, 1.54) is 38.5 Å². The normalized spacial score (nSPS) is 18.2. The van der Waals surface area contributed by atoms with Crippen LogP contribution in [0, 0.1) is 24.0 Å². The Bertz CT molecular complexity index is 1700. The van der Waals surface area contributed by atoms with E-state index in [0.717, 1.165) is 12.6 Å². The van der Waals surface area contributed by atoms with E-state index in [-0.39, 0.29) is 45.6 Å². The van der Waals surface area contributed by atoms with Crippen molar-refractivity contribution in [2.75, 3.05) is 20.0 Å². The van der Waals surface area contributed by atoms with Gasteiger partial charge in [-0.25, -0.2) is 13.6 Å². The minimum Gasteiger partial charge on any atom is -0.494 e. The molecule has 1 saturated carbocycles. The van der Waals surface area contributed by atoms with E-state index in [1.54, 1.807) is 29.7 Å². The highest BCUT2D eigenvalue weighted by Gasteiger charge is 2.46. The number of halogens is 2. The number of aromatic carboxylic acids is 1. The number of carboxylic acids is 1. The first-order valence-electron chi connectivity index (χ1n) is 14.2. The number of rotatable bonds is 7. The second kappa shape index (κ2) is 12.5. The van der Waals surface area contributed by atoms with Gasteiger partial charge in [-0.1, -0.05) is 32.4 Å². The van der Waals surface area contributed by atoms with E-state index in [4.69, 9.17) is 20.6 Å². The van der Waals surface area contributed by atoms with Crippen LogP contribution < -0.4 is 10.5 Å². The molecule has 0 spiro atoms. The van der Waals surface area contributed by atoms with Gasteiger partial charge >= 0.3 is 5.97 Å². The highest BCUT2D eigenvalue weighted by molar-refractivity contribution is 6.05. The molecule has 5 rings (SSSR count). The van der Waals surface area contributed by atoms with Crippen LogP contribution in [-0.4, -0.2) is 47.3 Å². The van der Waals surface area contributed by atoms with Crippen LogP contribution in [0.2, 0.25) is 0 Å². The SMILES string of the molecule is CC.COc1cc(-n2c(C3(O)CCCCC3OC)c(-c3ccc(C(=O)O)c(C)c3)c3c(F)c(N)c(C=N)cc32)ccc1F. The van der Waals surface area contributed by atoms with Crippen molar-refractivity contribution >= 4 is 28.8 Å². The van der Waals surface area contributed by atoms with Gasteiger partial charge in [0.15, 0.2) is 17.4 Å². The molecule has 8 nitrogen and oxygen atoms in total. The predicted molar refractivity (Wildman–Crippen MR) is 164 cm³/mol. The Labute approximate surface area is 249 Å². The zero-order chi connectivity index (χ0) is 31.6. The fraction of sp³-hybridized carbons (Fsp3) is 0.333.